The van der Waals surface area contributed by atoms with E-state index in [2.05, 4.69) is 20.9 Å². The number of carbonyl (C=O) groups is 1. The molecule has 0 fully saturated rings. The van der Waals surface area contributed by atoms with Gasteiger partial charge in [0, 0.05) is 40.0 Å². The molecule has 0 radical (unpaired) electrons. The Morgan fingerprint density at radius 3 is 2.71 bits per heavy atom. The van der Waals surface area contributed by atoms with Crippen LogP contribution in [0.1, 0.15) is 22.8 Å². The first kappa shape index (κ1) is 16.3. The maximum absolute atomic E-state index is 12.6. The highest BCUT2D eigenvalue weighted by Gasteiger charge is 2.18. The molecule has 2 rings (SSSR count). The van der Waals surface area contributed by atoms with Crippen LogP contribution >= 0.6 is 39.1 Å². The van der Waals surface area contributed by atoms with Gasteiger partial charge in [-0.2, -0.15) is 0 Å². The van der Waals surface area contributed by atoms with Crippen molar-refractivity contribution >= 4 is 45.0 Å². The molecule has 1 aromatic carbocycles. The zero-order valence-corrected chi connectivity index (χ0v) is 14.4. The van der Waals surface area contributed by atoms with E-state index in [-0.39, 0.29) is 5.91 Å². The van der Waals surface area contributed by atoms with Crippen molar-refractivity contribution in [2.75, 3.05) is 6.54 Å². The van der Waals surface area contributed by atoms with E-state index in [9.17, 15) is 4.79 Å². The number of aromatic nitrogens is 1. The molecule has 6 heteroatoms. The van der Waals surface area contributed by atoms with E-state index in [1.54, 1.807) is 35.5 Å². The van der Waals surface area contributed by atoms with Gasteiger partial charge in [-0.25, -0.2) is 0 Å². The highest BCUT2D eigenvalue weighted by Crippen LogP contribution is 2.24. The molecule has 0 saturated heterocycles. The normalized spacial score (nSPS) is 10.5. The summed E-state index contributed by atoms with van der Waals surface area (Å²) in [6.07, 6.45) is 3.21. The zero-order chi connectivity index (χ0) is 15.4. The third-order valence-electron chi connectivity index (χ3n) is 3.05. The topological polar surface area (TPSA) is 33.2 Å². The maximum atomic E-state index is 12.6. The van der Waals surface area contributed by atoms with Crippen molar-refractivity contribution in [2.45, 2.75) is 13.5 Å². The number of carbonyl (C=O) groups excluding carboxylic acids is 1. The van der Waals surface area contributed by atoms with Crippen LogP contribution in [0.15, 0.2) is 41.1 Å². The van der Waals surface area contributed by atoms with E-state index in [0.29, 0.717) is 33.2 Å². The number of rotatable bonds is 4. The summed E-state index contributed by atoms with van der Waals surface area (Å²) >= 11 is 15.4. The summed E-state index contributed by atoms with van der Waals surface area (Å²) in [5.41, 5.74) is 1.44. The second-order valence-electron chi connectivity index (χ2n) is 4.41. The predicted molar refractivity (Wildman–Crippen MR) is 88.8 cm³/mol. The van der Waals surface area contributed by atoms with E-state index >= 15 is 0 Å². The number of benzene rings is 1. The molecule has 0 aliphatic carbocycles. The van der Waals surface area contributed by atoms with Gasteiger partial charge in [0.15, 0.2) is 0 Å². The fourth-order valence-corrected chi connectivity index (χ4v) is 2.79. The summed E-state index contributed by atoms with van der Waals surface area (Å²) in [5.74, 6) is -0.0715. The molecule has 3 nitrogen and oxygen atoms in total. The third kappa shape index (κ3) is 3.96. The SMILES string of the molecule is CCN(Cc1ccc(Cl)cc1Cl)C(=O)c1ccncc1Br. The Morgan fingerprint density at radius 2 is 2.10 bits per heavy atom. The molecule has 110 valence electrons. The van der Waals surface area contributed by atoms with E-state index in [1.165, 1.54) is 0 Å². The van der Waals surface area contributed by atoms with Crippen molar-refractivity contribution in [1.82, 2.24) is 9.88 Å². The van der Waals surface area contributed by atoms with Crippen LogP contribution in [0.2, 0.25) is 10.0 Å². The molecule has 21 heavy (non-hydrogen) atoms. The largest absolute Gasteiger partial charge is 0.335 e. The molecule has 1 heterocycles. The lowest BCUT2D eigenvalue weighted by atomic mass is 10.2. The Hall–Kier alpha value is -1.10. The second kappa shape index (κ2) is 7.25. The van der Waals surface area contributed by atoms with Crippen LogP contribution in [-0.4, -0.2) is 22.3 Å². The zero-order valence-electron chi connectivity index (χ0n) is 11.3. The summed E-state index contributed by atoms with van der Waals surface area (Å²) in [5, 5.41) is 1.14. The summed E-state index contributed by atoms with van der Waals surface area (Å²) in [7, 11) is 0. The lowest BCUT2D eigenvalue weighted by molar-refractivity contribution is 0.0751. The molecule has 2 aromatic rings. The first-order valence-electron chi connectivity index (χ1n) is 6.35. The van der Waals surface area contributed by atoms with Gasteiger partial charge in [0.25, 0.3) is 5.91 Å². The Balaban J connectivity index is 2.24. The smallest absolute Gasteiger partial charge is 0.255 e. The van der Waals surface area contributed by atoms with Gasteiger partial charge >= 0.3 is 0 Å². The Morgan fingerprint density at radius 1 is 1.33 bits per heavy atom. The molecule has 0 unspecified atom stereocenters. The van der Waals surface area contributed by atoms with E-state index in [4.69, 9.17) is 23.2 Å². The van der Waals surface area contributed by atoms with Crippen LogP contribution in [0, 0.1) is 0 Å². The van der Waals surface area contributed by atoms with Crippen LogP contribution in [0.5, 0.6) is 0 Å². The van der Waals surface area contributed by atoms with Gasteiger partial charge in [-0.15, -0.1) is 0 Å². The average Bonchev–Trinajstić information content (AvgIpc) is 2.46. The summed E-state index contributed by atoms with van der Waals surface area (Å²) < 4.78 is 0.677. The quantitative estimate of drug-likeness (QED) is 0.753. The maximum Gasteiger partial charge on any atom is 0.255 e. The predicted octanol–water partition coefficient (Wildman–Crippen LogP) is 4.81. The van der Waals surface area contributed by atoms with Crippen molar-refractivity contribution < 1.29 is 4.79 Å². The van der Waals surface area contributed by atoms with Gasteiger partial charge in [0.1, 0.15) is 0 Å². The highest BCUT2D eigenvalue weighted by molar-refractivity contribution is 9.10. The van der Waals surface area contributed by atoms with Crippen LogP contribution in [0.25, 0.3) is 0 Å². The molecular weight excluding hydrogens is 375 g/mol. The summed E-state index contributed by atoms with van der Waals surface area (Å²) in [6.45, 7) is 2.93. The van der Waals surface area contributed by atoms with Crippen molar-refractivity contribution in [2.24, 2.45) is 0 Å². The van der Waals surface area contributed by atoms with E-state index in [0.717, 1.165) is 5.56 Å². The first-order valence-corrected chi connectivity index (χ1v) is 7.90. The van der Waals surface area contributed by atoms with Crippen molar-refractivity contribution in [3.05, 3.63) is 62.3 Å². The Labute approximate surface area is 142 Å². The monoisotopic (exact) mass is 386 g/mol. The van der Waals surface area contributed by atoms with Crippen molar-refractivity contribution in [3.8, 4) is 0 Å². The minimum absolute atomic E-state index is 0.0715. The standard InChI is InChI=1S/C15H13BrCl2N2O/c1-2-20(9-10-3-4-11(17)7-14(10)18)15(21)12-5-6-19-8-13(12)16/h3-8H,2,9H2,1H3. The first-order chi connectivity index (χ1) is 10.0. The lowest BCUT2D eigenvalue weighted by Gasteiger charge is -2.22. The number of pyridine rings is 1. The lowest BCUT2D eigenvalue weighted by Crippen LogP contribution is -2.30. The fourth-order valence-electron chi connectivity index (χ4n) is 1.90. The van der Waals surface area contributed by atoms with Gasteiger partial charge in [-0.3, -0.25) is 9.78 Å². The van der Waals surface area contributed by atoms with Gasteiger partial charge in [-0.1, -0.05) is 29.3 Å². The Kier molecular flexibility index (Phi) is 5.62. The molecule has 0 atom stereocenters. The minimum atomic E-state index is -0.0715. The summed E-state index contributed by atoms with van der Waals surface area (Å²) in [4.78, 5) is 18.3. The van der Waals surface area contributed by atoms with Gasteiger partial charge in [0.2, 0.25) is 0 Å². The second-order valence-corrected chi connectivity index (χ2v) is 6.11. The van der Waals surface area contributed by atoms with Crippen molar-refractivity contribution in [3.63, 3.8) is 0 Å². The van der Waals surface area contributed by atoms with E-state index < -0.39 is 0 Å². The molecule has 0 bridgehead atoms. The third-order valence-corrected chi connectivity index (χ3v) is 4.27. The number of nitrogens with zero attached hydrogens (tertiary/aromatic N) is 2. The van der Waals surface area contributed by atoms with E-state index in [1.807, 2.05) is 13.0 Å². The van der Waals surface area contributed by atoms with Crippen molar-refractivity contribution in [1.29, 1.82) is 0 Å². The highest BCUT2D eigenvalue weighted by atomic mass is 79.9. The van der Waals surface area contributed by atoms with Gasteiger partial charge < -0.3 is 4.90 Å². The molecule has 0 spiro atoms. The number of hydrogen-bond donors (Lipinski definition) is 0. The molecule has 0 aliphatic rings. The number of halogens is 3. The van der Waals surface area contributed by atoms with Crippen LogP contribution in [0.3, 0.4) is 0 Å². The molecular formula is C15H13BrCl2N2O. The fraction of sp³-hybridized carbons (Fsp3) is 0.200. The van der Waals surface area contributed by atoms with Crippen LogP contribution < -0.4 is 0 Å². The van der Waals surface area contributed by atoms with Gasteiger partial charge in [-0.05, 0) is 46.6 Å². The van der Waals surface area contributed by atoms with Gasteiger partial charge in [0.05, 0.1) is 5.56 Å². The minimum Gasteiger partial charge on any atom is -0.335 e. The molecule has 0 aliphatic heterocycles. The number of hydrogen-bond acceptors (Lipinski definition) is 2. The van der Waals surface area contributed by atoms with Crippen LogP contribution in [0.4, 0.5) is 0 Å². The average molecular weight is 388 g/mol. The molecule has 1 amide bonds. The molecule has 0 saturated carbocycles. The molecule has 1 aromatic heterocycles. The van der Waals surface area contributed by atoms with Crippen LogP contribution in [-0.2, 0) is 6.54 Å². The Bertz CT molecular complexity index is 664. The summed E-state index contributed by atoms with van der Waals surface area (Å²) in [6, 6.07) is 6.98. The number of amides is 1. The molecule has 0 N–H and O–H groups in total.